The Morgan fingerprint density at radius 2 is 2.22 bits per heavy atom. The van der Waals surface area contributed by atoms with Gasteiger partial charge in [0.25, 0.3) is 0 Å². The molecule has 2 aromatic rings. The minimum atomic E-state index is -0.363. The Labute approximate surface area is 104 Å². The Kier molecular flexibility index (Phi) is 3.52. The predicted octanol–water partition coefficient (Wildman–Crippen LogP) is 1.02. The van der Waals surface area contributed by atoms with Gasteiger partial charge in [-0.3, -0.25) is 0 Å². The Bertz CT molecular complexity index is 554. The highest BCUT2D eigenvalue weighted by Crippen LogP contribution is 2.25. The van der Waals surface area contributed by atoms with Crippen molar-refractivity contribution in [3.05, 3.63) is 23.5 Å². The average molecular weight is 251 g/mol. The van der Waals surface area contributed by atoms with Crippen molar-refractivity contribution in [2.75, 3.05) is 19.5 Å². The van der Waals surface area contributed by atoms with E-state index in [1.54, 1.807) is 20.1 Å². The minimum absolute atomic E-state index is 0.300. The smallest absolute Gasteiger partial charge is 0.185 e. The molecule has 0 unspecified atom stereocenters. The molecule has 0 radical (unpaired) electrons. The molecule has 0 aliphatic heterocycles. The van der Waals surface area contributed by atoms with Crippen molar-refractivity contribution in [3.8, 4) is 11.4 Å². The lowest BCUT2D eigenvalue weighted by Gasteiger charge is -2.07. The van der Waals surface area contributed by atoms with E-state index in [4.69, 9.17) is 10.5 Å². The Morgan fingerprint density at radius 3 is 2.94 bits per heavy atom. The van der Waals surface area contributed by atoms with Gasteiger partial charge in [0.05, 0.1) is 18.7 Å². The molecule has 96 valence electrons. The zero-order valence-corrected chi connectivity index (χ0v) is 10.2. The number of benzene rings is 1. The van der Waals surface area contributed by atoms with Crippen LogP contribution in [0.4, 0.5) is 10.1 Å². The fourth-order valence-corrected chi connectivity index (χ4v) is 1.69. The Hall–Kier alpha value is -2.02. The van der Waals surface area contributed by atoms with E-state index < -0.39 is 0 Å². The summed E-state index contributed by atoms with van der Waals surface area (Å²) in [5.41, 5.74) is 6.96. The summed E-state index contributed by atoms with van der Waals surface area (Å²) in [5, 5.41) is 11.2. The summed E-state index contributed by atoms with van der Waals surface area (Å²) < 4.78 is 20.5. The first kappa shape index (κ1) is 12.4. The van der Waals surface area contributed by atoms with Crippen molar-refractivity contribution in [3.63, 3.8) is 0 Å². The number of tetrazole rings is 1. The van der Waals surface area contributed by atoms with E-state index in [0.29, 0.717) is 35.8 Å². The molecule has 1 aromatic heterocycles. The summed E-state index contributed by atoms with van der Waals surface area (Å²) in [5.74, 6) is -0.0161. The molecule has 2 N–H and O–H groups in total. The summed E-state index contributed by atoms with van der Waals surface area (Å²) in [7, 11) is 1.58. The summed E-state index contributed by atoms with van der Waals surface area (Å²) in [6.45, 7) is 2.55. The van der Waals surface area contributed by atoms with Crippen LogP contribution in [-0.2, 0) is 11.3 Å². The van der Waals surface area contributed by atoms with Crippen LogP contribution in [0.3, 0.4) is 0 Å². The number of methoxy groups -OCH3 is 1. The van der Waals surface area contributed by atoms with Crippen LogP contribution >= 0.6 is 0 Å². The highest BCUT2D eigenvalue weighted by molar-refractivity contribution is 5.63. The molecule has 0 atom stereocenters. The first-order valence-electron chi connectivity index (χ1n) is 5.44. The molecule has 0 spiro atoms. The maximum Gasteiger partial charge on any atom is 0.185 e. The highest BCUT2D eigenvalue weighted by Gasteiger charge is 2.15. The molecular formula is C11H14FN5O. The van der Waals surface area contributed by atoms with Crippen LogP contribution in [0.5, 0.6) is 0 Å². The maximum absolute atomic E-state index is 14.1. The van der Waals surface area contributed by atoms with E-state index in [-0.39, 0.29) is 5.82 Å². The summed E-state index contributed by atoms with van der Waals surface area (Å²) in [6, 6.07) is 3.10. The van der Waals surface area contributed by atoms with E-state index >= 15 is 0 Å². The number of nitrogens with two attached hydrogens (primary N) is 1. The van der Waals surface area contributed by atoms with Crippen LogP contribution in [0.15, 0.2) is 12.1 Å². The highest BCUT2D eigenvalue weighted by atomic mass is 19.1. The van der Waals surface area contributed by atoms with Crippen molar-refractivity contribution in [2.24, 2.45) is 0 Å². The molecule has 7 heteroatoms. The number of nitrogen functional groups attached to an aromatic ring is 1. The molecule has 6 nitrogen and oxygen atoms in total. The maximum atomic E-state index is 14.1. The third-order valence-corrected chi connectivity index (χ3v) is 2.56. The molecule has 0 amide bonds. The number of hydrogen-bond donors (Lipinski definition) is 1. The SMILES string of the molecule is COCCn1nnnc1-c1cc(N)cc(C)c1F. The van der Waals surface area contributed by atoms with E-state index in [9.17, 15) is 4.39 Å². The normalized spacial score (nSPS) is 10.8. The second-order valence-electron chi connectivity index (χ2n) is 3.92. The standard InChI is InChI=1S/C11H14FN5O/c1-7-5-8(13)6-9(10(7)12)11-14-15-16-17(11)3-4-18-2/h5-6H,3-4,13H2,1-2H3. The third-order valence-electron chi connectivity index (χ3n) is 2.56. The molecule has 0 saturated carbocycles. The monoisotopic (exact) mass is 251 g/mol. The average Bonchev–Trinajstić information content (AvgIpc) is 2.79. The van der Waals surface area contributed by atoms with Crippen LogP contribution in [0.25, 0.3) is 11.4 Å². The van der Waals surface area contributed by atoms with Gasteiger partial charge in [0.1, 0.15) is 5.82 Å². The first-order chi connectivity index (χ1) is 8.63. The van der Waals surface area contributed by atoms with Gasteiger partial charge in [-0.15, -0.1) is 5.10 Å². The summed E-state index contributed by atoms with van der Waals surface area (Å²) >= 11 is 0. The topological polar surface area (TPSA) is 78.8 Å². The molecule has 1 aromatic carbocycles. The largest absolute Gasteiger partial charge is 0.399 e. The van der Waals surface area contributed by atoms with Gasteiger partial charge in [-0.05, 0) is 35.0 Å². The molecule has 1 heterocycles. The predicted molar refractivity (Wildman–Crippen MR) is 64.2 cm³/mol. The molecule has 0 saturated heterocycles. The van der Waals surface area contributed by atoms with E-state index in [1.807, 2.05) is 0 Å². The van der Waals surface area contributed by atoms with Crippen molar-refractivity contribution in [2.45, 2.75) is 13.5 Å². The molecule has 18 heavy (non-hydrogen) atoms. The van der Waals surface area contributed by atoms with Gasteiger partial charge >= 0.3 is 0 Å². The fourth-order valence-electron chi connectivity index (χ4n) is 1.69. The second kappa shape index (κ2) is 5.09. The number of aryl methyl sites for hydroxylation is 1. The van der Waals surface area contributed by atoms with Crippen LogP contribution < -0.4 is 5.73 Å². The molecule has 0 aliphatic carbocycles. The Morgan fingerprint density at radius 1 is 1.44 bits per heavy atom. The molecule has 2 rings (SSSR count). The fraction of sp³-hybridized carbons (Fsp3) is 0.364. The summed E-state index contributed by atoms with van der Waals surface area (Å²) in [6.07, 6.45) is 0. The lowest BCUT2D eigenvalue weighted by Crippen LogP contribution is -2.09. The van der Waals surface area contributed by atoms with Crippen LogP contribution in [0.2, 0.25) is 0 Å². The number of halogens is 1. The third kappa shape index (κ3) is 2.30. The molecule has 0 fully saturated rings. The number of rotatable bonds is 4. The van der Waals surface area contributed by atoms with E-state index in [1.165, 1.54) is 10.7 Å². The lowest BCUT2D eigenvalue weighted by atomic mass is 10.1. The molecular weight excluding hydrogens is 237 g/mol. The van der Waals surface area contributed by atoms with Crippen LogP contribution in [-0.4, -0.2) is 33.9 Å². The van der Waals surface area contributed by atoms with Gasteiger partial charge in [0.15, 0.2) is 5.82 Å². The van der Waals surface area contributed by atoms with Gasteiger partial charge in [-0.2, -0.15) is 0 Å². The van der Waals surface area contributed by atoms with Gasteiger partial charge < -0.3 is 10.5 Å². The van der Waals surface area contributed by atoms with E-state index in [2.05, 4.69) is 15.5 Å². The zero-order valence-electron chi connectivity index (χ0n) is 10.2. The number of ether oxygens (including phenoxy) is 1. The molecule has 0 bridgehead atoms. The van der Waals surface area contributed by atoms with Crippen molar-refractivity contribution >= 4 is 5.69 Å². The van der Waals surface area contributed by atoms with Crippen molar-refractivity contribution < 1.29 is 9.13 Å². The number of nitrogens with zero attached hydrogens (tertiary/aromatic N) is 4. The minimum Gasteiger partial charge on any atom is -0.399 e. The number of hydrogen-bond acceptors (Lipinski definition) is 5. The zero-order chi connectivity index (χ0) is 13.1. The van der Waals surface area contributed by atoms with Gasteiger partial charge in [-0.25, -0.2) is 9.07 Å². The Balaban J connectivity index is 2.45. The van der Waals surface area contributed by atoms with Gasteiger partial charge in [0, 0.05) is 12.8 Å². The lowest BCUT2D eigenvalue weighted by molar-refractivity contribution is 0.183. The van der Waals surface area contributed by atoms with Crippen LogP contribution in [0, 0.1) is 12.7 Å². The van der Waals surface area contributed by atoms with E-state index in [0.717, 1.165) is 0 Å². The van der Waals surface area contributed by atoms with Crippen molar-refractivity contribution in [1.29, 1.82) is 0 Å². The summed E-state index contributed by atoms with van der Waals surface area (Å²) in [4.78, 5) is 0. The quantitative estimate of drug-likeness (QED) is 0.820. The van der Waals surface area contributed by atoms with Crippen molar-refractivity contribution in [1.82, 2.24) is 20.2 Å². The van der Waals surface area contributed by atoms with Gasteiger partial charge in [-0.1, -0.05) is 0 Å². The number of anilines is 1. The second-order valence-corrected chi connectivity index (χ2v) is 3.92. The van der Waals surface area contributed by atoms with Crippen LogP contribution in [0.1, 0.15) is 5.56 Å². The van der Waals surface area contributed by atoms with Gasteiger partial charge in [0.2, 0.25) is 0 Å². The molecule has 0 aliphatic rings. The number of aromatic nitrogens is 4. The first-order valence-corrected chi connectivity index (χ1v) is 5.44.